The van der Waals surface area contributed by atoms with Gasteiger partial charge in [0.25, 0.3) is 0 Å². The monoisotopic (exact) mass is 401 g/mol. The van der Waals surface area contributed by atoms with Gasteiger partial charge < -0.3 is 9.47 Å². The van der Waals surface area contributed by atoms with Gasteiger partial charge in [0, 0.05) is 10.2 Å². The van der Waals surface area contributed by atoms with Crippen LogP contribution >= 0.6 is 39.0 Å². The molecular formula is C15H16BrNO3S2. The van der Waals surface area contributed by atoms with Crippen LogP contribution in [-0.4, -0.2) is 29.9 Å². The molecule has 0 aliphatic carbocycles. The van der Waals surface area contributed by atoms with Gasteiger partial charge in [0.2, 0.25) is 0 Å². The first kappa shape index (κ1) is 17.3. The lowest BCUT2D eigenvalue weighted by Gasteiger charge is -2.04. The number of benzene rings is 1. The molecule has 0 radical (unpaired) electrons. The van der Waals surface area contributed by atoms with E-state index in [0.717, 1.165) is 26.0 Å². The number of thioether (sulfide) groups is 1. The molecule has 0 aliphatic rings. The fraction of sp³-hybridized carbons (Fsp3) is 0.333. The molecule has 118 valence electrons. The molecule has 0 saturated carbocycles. The van der Waals surface area contributed by atoms with Crippen molar-refractivity contribution >= 4 is 45.0 Å². The Morgan fingerprint density at radius 3 is 2.77 bits per heavy atom. The van der Waals surface area contributed by atoms with E-state index >= 15 is 0 Å². The minimum atomic E-state index is -0.296. The number of hydrogen-bond donors (Lipinski definition) is 0. The van der Waals surface area contributed by atoms with Crippen LogP contribution in [-0.2, 0) is 4.74 Å². The maximum atomic E-state index is 11.7. The molecule has 4 nitrogen and oxygen atoms in total. The predicted molar refractivity (Wildman–Crippen MR) is 93.2 cm³/mol. The molecule has 0 amide bonds. The van der Waals surface area contributed by atoms with Crippen LogP contribution < -0.4 is 4.74 Å². The van der Waals surface area contributed by atoms with Crippen molar-refractivity contribution in [2.24, 2.45) is 0 Å². The highest BCUT2D eigenvalue weighted by atomic mass is 79.9. The molecule has 1 heterocycles. The van der Waals surface area contributed by atoms with Gasteiger partial charge in [-0.3, -0.25) is 0 Å². The van der Waals surface area contributed by atoms with Crippen LogP contribution in [0.3, 0.4) is 0 Å². The van der Waals surface area contributed by atoms with Crippen LogP contribution in [0.25, 0.3) is 0 Å². The number of hydrogen-bond acceptors (Lipinski definition) is 6. The summed E-state index contributed by atoms with van der Waals surface area (Å²) in [6.45, 7) is 4.58. The lowest BCUT2D eigenvalue weighted by molar-refractivity contribution is 0.0531. The summed E-state index contributed by atoms with van der Waals surface area (Å²) in [5.74, 6) is 1.31. The van der Waals surface area contributed by atoms with E-state index in [1.807, 2.05) is 31.2 Å². The number of nitrogens with zero attached hydrogens (tertiary/aromatic N) is 1. The Balaban J connectivity index is 1.81. The van der Waals surface area contributed by atoms with Gasteiger partial charge in [-0.1, -0.05) is 27.7 Å². The van der Waals surface area contributed by atoms with Gasteiger partial charge >= 0.3 is 5.97 Å². The summed E-state index contributed by atoms with van der Waals surface area (Å²) in [4.78, 5) is 16.7. The predicted octanol–water partition coefficient (Wildman–Crippen LogP) is 4.56. The van der Waals surface area contributed by atoms with Gasteiger partial charge in [-0.05, 0) is 38.1 Å². The minimum Gasteiger partial charge on any atom is -0.493 e. The summed E-state index contributed by atoms with van der Waals surface area (Å²) in [5, 5.41) is 0. The summed E-state index contributed by atoms with van der Waals surface area (Å²) in [6.07, 6.45) is 0. The SMILES string of the molecule is CCOC(=O)c1sc(SCCOc2ccc(Br)cc2)nc1C. The van der Waals surface area contributed by atoms with Gasteiger partial charge in [0.05, 0.1) is 18.9 Å². The number of halogens is 1. The number of esters is 1. The van der Waals surface area contributed by atoms with Crippen molar-refractivity contribution in [3.8, 4) is 5.75 Å². The smallest absolute Gasteiger partial charge is 0.350 e. The molecule has 0 saturated heterocycles. The summed E-state index contributed by atoms with van der Waals surface area (Å²) >= 11 is 6.34. The van der Waals surface area contributed by atoms with E-state index in [1.165, 1.54) is 11.3 Å². The zero-order chi connectivity index (χ0) is 15.9. The van der Waals surface area contributed by atoms with E-state index in [9.17, 15) is 4.79 Å². The van der Waals surface area contributed by atoms with Gasteiger partial charge in [-0.25, -0.2) is 9.78 Å². The Bertz CT molecular complexity index is 628. The van der Waals surface area contributed by atoms with Gasteiger partial charge in [-0.2, -0.15) is 0 Å². The molecule has 0 bridgehead atoms. The molecule has 0 atom stereocenters. The normalized spacial score (nSPS) is 10.5. The summed E-state index contributed by atoms with van der Waals surface area (Å²) in [7, 11) is 0. The van der Waals surface area contributed by atoms with E-state index in [0.29, 0.717) is 18.1 Å². The van der Waals surface area contributed by atoms with E-state index in [-0.39, 0.29) is 5.97 Å². The summed E-state index contributed by atoms with van der Waals surface area (Å²) in [5.41, 5.74) is 0.722. The van der Waals surface area contributed by atoms with Crippen molar-refractivity contribution in [1.82, 2.24) is 4.98 Å². The lowest BCUT2D eigenvalue weighted by atomic mass is 10.3. The van der Waals surface area contributed by atoms with Crippen molar-refractivity contribution in [3.63, 3.8) is 0 Å². The zero-order valence-corrected chi connectivity index (χ0v) is 15.5. The highest BCUT2D eigenvalue weighted by Gasteiger charge is 2.16. The standard InChI is InChI=1S/C15H16BrNO3S2/c1-3-19-14(18)13-10(2)17-15(22-13)21-9-8-20-12-6-4-11(16)5-7-12/h4-7H,3,8-9H2,1-2H3. The number of aromatic nitrogens is 1. The average Bonchev–Trinajstić information content (AvgIpc) is 2.87. The van der Waals surface area contributed by atoms with Gasteiger partial charge in [-0.15, -0.1) is 11.3 Å². The average molecular weight is 402 g/mol. The van der Waals surface area contributed by atoms with E-state index in [4.69, 9.17) is 9.47 Å². The van der Waals surface area contributed by atoms with Gasteiger partial charge in [0.1, 0.15) is 10.6 Å². The first-order valence-electron chi connectivity index (χ1n) is 6.76. The molecule has 0 aliphatic heterocycles. The molecule has 1 aromatic heterocycles. The van der Waals surface area contributed by atoms with Crippen LogP contribution in [0.4, 0.5) is 0 Å². The van der Waals surface area contributed by atoms with Crippen LogP contribution in [0.5, 0.6) is 5.75 Å². The van der Waals surface area contributed by atoms with E-state index in [1.54, 1.807) is 18.7 Å². The third-order valence-corrected chi connectivity index (χ3v) is 5.40. The van der Waals surface area contributed by atoms with E-state index in [2.05, 4.69) is 20.9 Å². The molecule has 2 rings (SSSR count). The Kier molecular flexibility index (Phi) is 6.72. The zero-order valence-electron chi connectivity index (χ0n) is 12.3. The molecule has 1 aromatic carbocycles. The number of rotatable bonds is 7. The topological polar surface area (TPSA) is 48.4 Å². The number of aryl methyl sites for hydroxylation is 1. The van der Waals surface area contributed by atoms with Crippen molar-refractivity contribution in [3.05, 3.63) is 39.3 Å². The molecule has 22 heavy (non-hydrogen) atoms. The van der Waals surface area contributed by atoms with Crippen LogP contribution in [0, 0.1) is 6.92 Å². The second-order valence-corrected chi connectivity index (χ2v) is 7.52. The first-order valence-corrected chi connectivity index (χ1v) is 9.35. The third-order valence-electron chi connectivity index (χ3n) is 2.63. The highest BCUT2D eigenvalue weighted by molar-refractivity contribution is 9.10. The van der Waals surface area contributed by atoms with Crippen LogP contribution in [0.1, 0.15) is 22.3 Å². The van der Waals surface area contributed by atoms with Crippen molar-refractivity contribution < 1.29 is 14.3 Å². The maximum absolute atomic E-state index is 11.7. The summed E-state index contributed by atoms with van der Waals surface area (Å²) < 4.78 is 12.5. The summed E-state index contributed by atoms with van der Waals surface area (Å²) in [6, 6.07) is 7.72. The Morgan fingerprint density at radius 1 is 1.36 bits per heavy atom. The third kappa shape index (κ3) is 5.00. The molecular weight excluding hydrogens is 386 g/mol. The van der Waals surface area contributed by atoms with Crippen molar-refractivity contribution in [2.75, 3.05) is 19.0 Å². The maximum Gasteiger partial charge on any atom is 0.350 e. The second-order valence-electron chi connectivity index (χ2n) is 4.27. The number of ether oxygens (including phenoxy) is 2. The van der Waals surface area contributed by atoms with Crippen molar-refractivity contribution in [2.45, 2.75) is 18.2 Å². The van der Waals surface area contributed by atoms with Crippen LogP contribution in [0.2, 0.25) is 0 Å². The molecule has 0 fully saturated rings. The Labute approximate surface area is 146 Å². The first-order chi connectivity index (χ1) is 10.6. The molecule has 0 spiro atoms. The van der Waals surface area contributed by atoms with Crippen molar-refractivity contribution in [1.29, 1.82) is 0 Å². The largest absolute Gasteiger partial charge is 0.493 e. The Morgan fingerprint density at radius 2 is 2.09 bits per heavy atom. The highest BCUT2D eigenvalue weighted by Crippen LogP contribution is 2.27. The fourth-order valence-electron chi connectivity index (χ4n) is 1.64. The molecule has 7 heteroatoms. The fourth-order valence-corrected chi connectivity index (χ4v) is 3.87. The number of carbonyl (C=O) groups excluding carboxylic acids is 1. The quantitative estimate of drug-likeness (QED) is 0.386. The molecule has 0 N–H and O–H groups in total. The second kappa shape index (κ2) is 8.55. The minimum absolute atomic E-state index is 0.296. The molecule has 2 aromatic rings. The number of thiazole rings is 1. The molecule has 0 unspecified atom stereocenters. The lowest BCUT2D eigenvalue weighted by Crippen LogP contribution is -2.03. The van der Waals surface area contributed by atoms with Gasteiger partial charge in [0.15, 0.2) is 4.34 Å². The Hall–Kier alpha value is -1.05. The number of carbonyl (C=O) groups is 1. The van der Waals surface area contributed by atoms with Crippen LogP contribution in [0.15, 0.2) is 33.1 Å². The van der Waals surface area contributed by atoms with E-state index < -0.39 is 0 Å².